The number of ether oxygens (including phenoxy) is 4. The Balaban J connectivity index is 1.97. The maximum Gasteiger partial charge on any atom is 0.410 e. The number of carbonyl (C=O) groups is 4. The maximum absolute atomic E-state index is 13.0. The Bertz CT molecular complexity index is 1130. The molecule has 0 unspecified atom stereocenters. The molecule has 2 amide bonds. The second-order valence-electron chi connectivity index (χ2n) is 12.6. The van der Waals surface area contributed by atoms with Crippen LogP contribution in [0.1, 0.15) is 99.1 Å². The van der Waals surface area contributed by atoms with Gasteiger partial charge in [-0.2, -0.15) is 0 Å². The van der Waals surface area contributed by atoms with Gasteiger partial charge in [-0.3, -0.25) is 0 Å². The summed E-state index contributed by atoms with van der Waals surface area (Å²) in [5.41, 5.74) is 1.37. The number of esters is 2. The highest BCUT2D eigenvalue weighted by Crippen LogP contribution is 2.17. The molecule has 242 valence electrons. The SMILES string of the molecule is COC(=O)c1ccc(CN(CCCCCCN(Cc2ccc(C(=O)OC)cc2)C(=O)OC(C)(C)C)C(=O)OC(C)(C)C)cc1. The number of nitrogens with zero attached hydrogens (tertiary/aromatic N) is 2. The van der Waals surface area contributed by atoms with E-state index >= 15 is 0 Å². The fraction of sp³-hybridized carbons (Fsp3) is 0.529. The molecular weight excluding hydrogens is 564 g/mol. The molecule has 0 saturated heterocycles. The predicted molar refractivity (Wildman–Crippen MR) is 167 cm³/mol. The molecule has 2 rings (SSSR count). The highest BCUT2D eigenvalue weighted by molar-refractivity contribution is 5.89. The van der Waals surface area contributed by atoms with E-state index in [9.17, 15) is 19.2 Å². The van der Waals surface area contributed by atoms with Crippen LogP contribution in [0.25, 0.3) is 0 Å². The van der Waals surface area contributed by atoms with Crippen molar-refractivity contribution in [1.82, 2.24) is 9.80 Å². The van der Waals surface area contributed by atoms with Crippen LogP contribution >= 0.6 is 0 Å². The van der Waals surface area contributed by atoms with Crippen molar-refractivity contribution in [2.75, 3.05) is 27.3 Å². The van der Waals surface area contributed by atoms with Crippen molar-refractivity contribution in [2.45, 2.75) is 91.5 Å². The first kappa shape index (κ1) is 36.1. The molecule has 0 N–H and O–H groups in total. The average molecular weight is 613 g/mol. The molecule has 0 aliphatic carbocycles. The van der Waals surface area contributed by atoms with Gasteiger partial charge in [0.2, 0.25) is 0 Å². The van der Waals surface area contributed by atoms with E-state index < -0.39 is 35.3 Å². The van der Waals surface area contributed by atoms with Crippen LogP contribution < -0.4 is 0 Å². The molecule has 0 saturated carbocycles. The van der Waals surface area contributed by atoms with E-state index in [1.165, 1.54) is 14.2 Å². The number of unbranched alkanes of at least 4 members (excludes halogenated alkanes) is 3. The van der Waals surface area contributed by atoms with Crippen molar-refractivity contribution < 1.29 is 38.1 Å². The third kappa shape index (κ3) is 13.1. The van der Waals surface area contributed by atoms with Crippen LogP contribution in [0.15, 0.2) is 48.5 Å². The average Bonchev–Trinajstić information content (AvgIpc) is 2.95. The van der Waals surface area contributed by atoms with Gasteiger partial charge < -0.3 is 28.7 Å². The largest absolute Gasteiger partial charge is 0.465 e. The van der Waals surface area contributed by atoms with Crippen LogP contribution in [-0.4, -0.2) is 72.4 Å². The van der Waals surface area contributed by atoms with Crippen molar-refractivity contribution in [3.05, 3.63) is 70.8 Å². The van der Waals surface area contributed by atoms with Gasteiger partial charge in [-0.05, 0) is 89.8 Å². The molecule has 0 aliphatic heterocycles. The van der Waals surface area contributed by atoms with Gasteiger partial charge in [0.15, 0.2) is 0 Å². The van der Waals surface area contributed by atoms with Crippen molar-refractivity contribution >= 4 is 24.1 Å². The molecule has 0 aromatic heterocycles. The minimum atomic E-state index is -0.630. The second kappa shape index (κ2) is 16.7. The normalized spacial score (nSPS) is 11.4. The van der Waals surface area contributed by atoms with Gasteiger partial charge in [0.25, 0.3) is 0 Å². The molecule has 0 fully saturated rings. The molecule has 44 heavy (non-hydrogen) atoms. The van der Waals surface area contributed by atoms with Crippen LogP contribution in [0.5, 0.6) is 0 Å². The minimum absolute atomic E-state index is 0.345. The quantitative estimate of drug-likeness (QED) is 0.135. The summed E-state index contributed by atoms with van der Waals surface area (Å²) in [6, 6.07) is 13.9. The monoisotopic (exact) mass is 612 g/mol. The summed E-state index contributed by atoms with van der Waals surface area (Å²) in [6.07, 6.45) is 2.39. The van der Waals surface area contributed by atoms with Crippen molar-refractivity contribution in [1.29, 1.82) is 0 Å². The lowest BCUT2D eigenvalue weighted by Gasteiger charge is -2.28. The topological polar surface area (TPSA) is 112 Å². The summed E-state index contributed by atoms with van der Waals surface area (Å²) < 4.78 is 20.8. The fourth-order valence-corrected chi connectivity index (χ4v) is 4.25. The van der Waals surface area contributed by atoms with Gasteiger partial charge in [0.05, 0.1) is 25.3 Å². The number of methoxy groups -OCH3 is 2. The lowest BCUT2D eigenvalue weighted by Crippen LogP contribution is -2.37. The van der Waals surface area contributed by atoms with Gasteiger partial charge in [0, 0.05) is 26.2 Å². The van der Waals surface area contributed by atoms with Crippen LogP contribution in [0, 0.1) is 0 Å². The molecule has 0 bridgehead atoms. The molecule has 0 spiro atoms. The first-order chi connectivity index (χ1) is 20.6. The Labute approximate surface area is 261 Å². The van der Waals surface area contributed by atoms with Crippen LogP contribution in [0.3, 0.4) is 0 Å². The maximum atomic E-state index is 13.0. The van der Waals surface area contributed by atoms with E-state index in [2.05, 4.69) is 0 Å². The number of benzene rings is 2. The Morgan fingerprint density at radius 2 is 0.864 bits per heavy atom. The molecule has 2 aromatic carbocycles. The van der Waals surface area contributed by atoms with E-state index in [-0.39, 0.29) is 0 Å². The zero-order valence-electron chi connectivity index (χ0n) is 27.4. The van der Waals surface area contributed by atoms with Crippen molar-refractivity contribution in [2.24, 2.45) is 0 Å². The van der Waals surface area contributed by atoms with Crippen LogP contribution in [0.2, 0.25) is 0 Å². The van der Waals surface area contributed by atoms with E-state index in [0.717, 1.165) is 36.8 Å². The number of rotatable bonds is 13. The second-order valence-corrected chi connectivity index (χ2v) is 12.6. The first-order valence-electron chi connectivity index (χ1n) is 14.9. The molecule has 0 radical (unpaired) electrons. The van der Waals surface area contributed by atoms with E-state index in [1.54, 1.807) is 58.3 Å². The summed E-state index contributed by atoms with van der Waals surface area (Å²) in [5.74, 6) is -0.829. The van der Waals surface area contributed by atoms with E-state index in [0.29, 0.717) is 37.3 Å². The van der Waals surface area contributed by atoms with E-state index in [1.807, 2.05) is 41.5 Å². The standard InChI is InChI=1S/C34H48N2O8/c1-33(2,3)43-31(39)35(23-25-13-17-27(18-14-25)29(37)41-7)21-11-9-10-12-22-36(32(40)44-34(4,5)6)24-26-15-19-28(20-16-26)30(38)42-8/h13-20H,9-12,21-24H2,1-8H3. The Hall–Kier alpha value is -4.08. The van der Waals surface area contributed by atoms with Crippen molar-refractivity contribution in [3.8, 4) is 0 Å². The van der Waals surface area contributed by atoms with Crippen molar-refractivity contribution in [3.63, 3.8) is 0 Å². The molecule has 10 heteroatoms. The summed E-state index contributed by atoms with van der Waals surface area (Å²) in [7, 11) is 2.67. The van der Waals surface area contributed by atoms with Crippen LogP contribution in [-0.2, 0) is 32.0 Å². The third-order valence-electron chi connectivity index (χ3n) is 6.41. The minimum Gasteiger partial charge on any atom is -0.465 e. The lowest BCUT2D eigenvalue weighted by molar-refractivity contribution is 0.0213. The summed E-state index contributed by atoms with van der Waals surface area (Å²) in [6.45, 7) is 12.7. The Morgan fingerprint density at radius 1 is 0.545 bits per heavy atom. The third-order valence-corrected chi connectivity index (χ3v) is 6.41. The Morgan fingerprint density at radius 3 is 1.14 bits per heavy atom. The molecule has 0 atom stereocenters. The van der Waals surface area contributed by atoms with Crippen LogP contribution in [0.4, 0.5) is 9.59 Å². The number of carbonyl (C=O) groups excluding carboxylic acids is 4. The molecule has 2 aromatic rings. The van der Waals surface area contributed by atoms with Gasteiger partial charge in [-0.1, -0.05) is 37.1 Å². The fourth-order valence-electron chi connectivity index (χ4n) is 4.25. The molecule has 10 nitrogen and oxygen atoms in total. The molecular formula is C34H48N2O8. The Kier molecular flexibility index (Phi) is 13.7. The zero-order valence-corrected chi connectivity index (χ0v) is 27.4. The number of hydrogen-bond donors (Lipinski definition) is 0. The predicted octanol–water partition coefficient (Wildman–Crippen LogP) is 6.99. The summed E-state index contributed by atoms with van der Waals surface area (Å²) >= 11 is 0. The molecule has 0 heterocycles. The molecule has 0 aliphatic rings. The van der Waals surface area contributed by atoms with E-state index in [4.69, 9.17) is 18.9 Å². The van der Waals surface area contributed by atoms with Gasteiger partial charge in [0.1, 0.15) is 11.2 Å². The first-order valence-corrected chi connectivity index (χ1v) is 14.9. The number of amides is 2. The summed E-state index contributed by atoms with van der Waals surface area (Å²) in [5, 5.41) is 0. The summed E-state index contributed by atoms with van der Waals surface area (Å²) in [4.78, 5) is 52.8. The highest BCUT2D eigenvalue weighted by Gasteiger charge is 2.24. The zero-order chi connectivity index (χ0) is 32.9. The lowest BCUT2D eigenvalue weighted by atomic mass is 10.1. The highest BCUT2D eigenvalue weighted by atomic mass is 16.6. The smallest absolute Gasteiger partial charge is 0.410 e. The van der Waals surface area contributed by atoms with Gasteiger partial charge in [-0.25, -0.2) is 19.2 Å². The van der Waals surface area contributed by atoms with Gasteiger partial charge >= 0.3 is 24.1 Å². The number of hydrogen-bond acceptors (Lipinski definition) is 8. The van der Waals surface area contributed by atoms with Gasteiger partial charge in [-0.15, -0.1) is 0 Å².